The maximum atomic E-state index is 14.9. The number of anilines is 3. The number of halogens is 3. The van der Waals surface area contributed by atoms with Crippen molar-refractivity contribution in [3.05, 3.63) is 72.2 Å². The number of hydrogen-bond acceptors (Lipinski definition) is 7. The van der Waals surface area contributed by atoms with Gasteiger partial charge in [-0.3, -0.25) is 24.7 Å². The fourth-order valence-electron chi connectivity index (χ4n) is 5.35. The molecule has 0 unspecified atom stereocenters. The van der Waals surface area contributed by atoms with Crippen molar-refractivity contribution in [2.24, 2.45) is 5.41 Å². The number of carbonyl (C=O) groups is 3. The number of piperidine rings is 1. The molecule has 0 spiro atoms. The quantitative estimate of drug-likeness (QED) is 0.175. The summed E-state index contributed by atoms with van der Waals surface area (Å²) in [5.74, 6) is -4.36. The molecule has 3 aliphatic rings. The zero-order valence-electron chi connectivity index (χ0n) is 24.2. The van der Waals surface area contributed by atoms with Gasteiger partial charge in [-0.25, -0.2) is 22.9 Å². The number of amides is 4. The number of rotatable bonds is 9. The molecule has 3 N–H and O–H groups in total. The van der Waals surface area contributed by atoms with Crippen LogP contribution >= 0.6 is 0 Å². The van der Waals surface area contributed by atoms with Crippen molar-refractivity contribution in [1.29, 1.82) is 0 Å². The van der Waals surface area contributed by atoms with Crippen LogP contribution in [0.2, 0.25) is 0 Å². The number of aromatic nitrogens is 1. The van der Waals surface area contributed by atoms with Gasteiger partial charge in [0.2, 0.25) is 17.6 Å². The van der Waals surface area contributed by atoms with Crippen LogP contribution in [0.4, 0.5) is 35.2 Å². The number of benzene rings is 2. The third kappa shape index (κ3) is 6.80. The lowest BCUT2D eigenvalue weighted by Gasteiger charge is -2.42. The summed E-state index contributed by atoms with van der Waals surface area (Å²) >= 11 is 0. The van der Waals surface area contributed by atoms with E-state index in [0.29, 0.717) is 37.0 Å². The molecule has 1 aromatic heterocycles. The summed E-state index contributed by atoms with van der Waals surface area (Å²) in [6.07, 6.45) is 4.82. The number of pyridine rings is 1. The van der Waals surface area contributed by atoms with Gasteiger partial charge < -0.3 is 20.4 Å². The van der Waals surface area contributed by atoms with E-state index in [2.05, 4.69) is 25.8 Å². The maximum Gasteiger partial charge on any atom is 0.323 e. The number of carbonyl (C=O) groups excluding carboxylic acids is 3. The van der Waals surface area contributed by atoms with Gasteiger partial charge in [0.25, 0.3) is 0 Å². The van der Waals surface area contributed by atoms with Crippen LogP contribution in [-0.2, 0) is 9.59 Å². The molecule has 2 aliphatic heterocycles. The Bertz CT molecular complexity index is 1590. The largest absolute Gasteiger partial charge is 0.325 e. The van der Waals surface area contributed by atoms with Gasteiger partial charge in [0.05, 0.1) is 5.69 Å². The lowest BCUT2D eigenvalue weighted by molar-refractivity contribution is -0.131. The van der Waals surface area contributed by atoms with Crippen molar-refractivity contribution in [1.82, 2.24) is 14.8 Å². The topological polar surface area (TPSA) is 125 Å². The van der Waals surface area contributed by atoms with Gasteiger partial charge in [0.15, 0.2) is 17.4 Å². The highest BCUT2D eigenvalue weighted by atomic mass is 19.1. The normalized spacial score (nSPS) is 17.5. The third-order valence-corrected chi connectivity index (χ3v) is 8.34. The highest BCUT2D eigenvalue weighted by Gasteiger charge is 2.56. The number of hydrogen-bond donors (Lipinski definition) is 3. The van der Waals surface area contributed by atoms with Gasteiger partial charge in [-0.15, -0.1) is 0 Å². The van der Waals surface area contributed by atoms with Crippen LogP contribution in [0, 0.1) is 22.9 Å². The first-order valence-corrected chi connectivity index (χ1v) is 14.7. The predicted octanol–water partition coefficient (Wildman–Crippen LogP) is 4.93. The monoisotopic (exact) mass is 624 g/mol. The van der Waals surface area contributed by atoms with Crippen LogP contribution in [-0.4, -0.2) is 64.9 Å². The second-order valence-corrected chi connectivity index (χ2v) is 11.3. The van der Waals surface area contributed by atoms with Crippen LogP contribution < -0.4 is 25.7 Å². The molecule has 11 nitrogen and oxygen atoms in total. The van der Waals surface area contributed by atoms with E-state index in [1.54, 1.807) is 4.90 Å². The van der Waals surface area contributed by atoms with Crippen molar-refractivity contribution >= 4 is 35.0 Å². The molecule has 1 aliphatic carbocycles. The number of urea groups is 1. The second kappa shape index (κ2) is 12.6. The van der Waals surface area contributed by atoms with Gasteiger partial charge in [0.1, 0.15) is 17.1 Å². The number of likely N-dealkylation sites (tertiary alicyclic amines) is 2. The molecule has 6 rings (SSSR count). The first kappa shape index (κ1) is 30.2. The van der Waals surface area contributed by atoms with Crippen LogP contribution in [0.3, 0.4) is 0 Å². The second-order valence-electron chi connectivity index (χ2n) is 11.3. The predicted molar refractivity (Wildman–Crippen MR) is 157 cm³/mol. The van der Waals surface area contributed by atoms with E-state index in [1.165, 1.54) is 36.9 Å². The number of nitrogens with zero attached hydrogens (tertiary/aromatic N) is 3. The maximum absolute atomic E-state index is 14.9. The molecule has 3 heterocycles. The SMILES string of the molecule is O=C(Nc1cc(OOc2cc(F)c(NC(=O)C3(C(=O)Nc4ccc(F)cc4)CC3)cc2F)ccn1)N1CCC(N2CCC2)CC1. The lowest BCUT2D eigenvalue weighted by atomic mass is 10.00. The van der Waals surface area contributed by atoms with E-state index in [-0.39, 0.29) is 30.4 Å². The smallest absolute Gasteiger partial charge is 0.323 e. The Morgan fingerprint density at radius 1 is 0.822 bits per heavy atom. The van der Waals surface area contributed by atoms with E-state index in [1.807, 2.05) is 0 Å². The lowest BCUT2D eigenvalue weighted by Crippen LogP contribution is -2.51. The molecule has 2 saturated heterocycles. The molecule has 45 heavy (non-hydrogen) atoms. The van der Waals surface area contributed by atoms with Crippen molar-refractivity contribution < 1.29 is 37.3 Å². The van der Waals surface area contributed by atoms with Crippen molar-refractivity contribution in [2.75, 3.05) is 42.1 Å². The summed E-state index contributed by atoms with van der Waals surface area (Å²) in [4.78, 5) is 56.8. The first-order chi connectivity index (χ1) is 21.7. The molecule has 0 atom stereocenters. The van der Waals surface area contributed by atoms with Gasteiger partial charge in [-0.05, 0) is 69.5 Å². The summed E-state index contributed by atoms with van der Waals surface area (Å²) in [7, 11) is 0. The average Bonchev–Trinajstić information content (AvgIpc) is 3.82. The minimum absolute atomic E-state index is 0.0665. The molecule has 3 aromatic rings. The fraction of sp³-hybridized carbons (Fsp3) is 0.355. The van der Waals surface area contributed by atoms with Crippen molar-refractivity contribution in [3.8, 4) is 11.5 Å². The third-order valence-electron chi connectivity index (χ3n) is 8.34. The van der Waals surface area contributed by atoms with Gasteiger partial charge >= 0.3 is 6.03 Å². The Balaban J connectivity index is 1.02. The van der Waals surface area contributed by atoms with Gasteiger partial charge in [-0.2, -0.15) is 0 Å². The standard InChI is InChI=1S/C31H31F3N6O5/c32-19-2-4-20(5-3-19)36-28(41)31(9-10-31)29(42)37-25-17-24(34)26(18-23(25)33)45-44-22-6-11-35-27(16-22)38-30(43)40-14-7-21(8-15-40)39-12-1-13-39/h2-6,11,16-18,21H,1,7-10,12-15H2,(H,36,41)(H,37,42)(H,35,38,43). The Kier molecular flexibility index (Phi) is 8.48. The van der Waals surface area contributed by atoms with Crippen molar-refractivity contribution in [2.45, 2.75) is 38.1 Å². The molecule has 0 radical (unpaired) electrons. The summed E-state index contributed by atoms with van der Waals surface area (Å²) in [5.41, 5.74) is -1.66. The Hall–Kier alpha value is -4.85. The Morgan fingerprint density at radius 3 is 2.20 bits per heavy atom. The summed E-state index contributed by atoms with van der Waals surface area (Å²) < 4.78 is 42.8. The van der Waals surface area contributed by atoms with E-state index in [0.717, 1.165) is 38.1 Å². The molecular weight excluding hydrogens is 593 g/mol. The highest BCUT2D eigenvalue weighted by molar-refractivity contribution is 6.16. The summed E-state index contributed by atoms with van der Waals surface area (Å²) in [6, 6.07) is 9.41. The minimum Gasteiger partial charge on any atom is -0.325 e. The number of nitrogens with one attached hydrogen (secondary N) is 3. The Morgan fingerprint density at radius 2 is 1.53 bits per heavy atom. The summed E-state index contributed by atoms with van der Waals surface area (Å²) in [6.45, 7) is 3.51. The summed E-state index contributed by atoms with van der Waals surface area (Å²) in [5, 5.41) is 7.53. The van der Waals surface area contributed by atoms with E-state index in [9.17, 15) is 27.6 Å². The molecule has 0 bridgehead atoms. The van der Waals surface area contributed by atoms with Crippen LogP contribution in [0.5, 0.6) is 11.5 Å². The first-order valence-electron chi connectivity index (χ1n) is 14.7. The zero-order chi connectivity index (χ0) is 31.6. The van der Waals surface area contributed by atoms with Gasteiger partial charge in [0, 0.05) is 55.3 Å². The van der Waals surface area contributed by atoms with Crippen LogP contribution in [0.25, 0.3) is 0 Å². The van der Waals surface area contributed by atoms with Crippen LogP contribution in [0.15, 0.2) is 54.7 Å². The van der Waals surface area contributed by atoms with E-state index < -0.39 is 46.1 Å². The molecule has 3 fully saturated rings. The molecule has 236 valence electrons. The molecule has 1 saturated carbocycles. The highest BCUT2D eigenvalue weighted by Crippen LogP contribution is 2.47. The van der Waals surface area contributed by atoms with Crippen molar-refractivity contribution in [3.63, 3.8) is 0 Å². The molecule has 4 amide bonds. The van der Waals surface area contributed by atoms with E-state index >= 15 is 0 Å². The fourth-order valence-corrected chi connectivity index (χ4v) is 5.35. The molecule has 14 heteroatoms. The Labute approximate surface area is 256 Å². The van der Waals surface area contributed by atoms with Crippen LogP contribution in [0.1, 0.15) is 32.1 Å². The molecule has 2 aromatic carbocycles. The molecular formula is C31H31F3N6O5. The van der Waals surface area contributed by atoms with E-state index in [4.69, 9.17) is 9.78 Å². The zero-order valence-corrected chi connectivity index (χ0v) is 24.2. The average molecular weight is 625 g/mol. The van der Waals surface area contributed by atoms with Gasteiger partial charge in [-0.1, -0.05) is 0 Å². The minimum atomic E-state index is -1.46.